The van der Waals surface area contributed by atoms with Crippen LogP contribution in [-0.2, 0) is 115 Å². The molecule has 0 fully saturated rings. The fourth-order valence-electron chi connectivity index (χ4n) is 11.0. The number of carboxylic acid groups (broad SMARTS) is 3. The fourth-order valence-corrected chi connectivity index (χ4v) is 12.0. The summed E-state index contributed by atoms with van der Waals surface area (Å²) in [6.07, 6.45) is 20.1. The van der Waals surface area contributed by atoms with E-state index in [1.807, 2.05) is 145 Å². The maximum absolute atomic E-state index is 11.9. The number of rotatable bonds is 50. The molecule has 4 heterocycles. The molecule has 4 aliphatic heterocycles. The van der Waals surface area contributed by atoms with Crippen molar-refractivity contribution >= 4 is 111 Å². The van der Waals surface area contributed by atoms with Gasteiger partial charge in [-0.15, -0.1) is 5.06 Å². The van der Waals surface area contributed by atoms with Gasteiger partial charge >= 0.3 is 124 Å². The van der Waals surface area contributed by atoms with E-state index in [-0.39, 0.29) is 183 Å². The summed E-state index contributed by atoms with van der Waals surface area (Å²) in [6.45, 7) is 72.1. The molecule has 147 heavy (non-hydrogen) atoms. The van der Waals surface area contributed by atoms with E-state index in [0.29, 0.717) is 123 Å². The summed E-state index contributed by atoms with van der Waals surface area (Å²) in [5.41, 5.74) is -0.453. The summed E-state index contributed by atoms with van der Waals surface area (Å²) in [5.74, 6) is -5.75. The number of esters is 4. The fraction of sp³-hybridized carbons (Fsp3) is 0.771. The van der Waals surface area contributed by atoms with Gasteiger partial charge in [0.1, 0.15) is 0 Å². The largest absolute Gasteiger partial charge is 1.00 e. The molecule has 38 heteroatoms. The van der Waals surface area contributed by atoms with E-state index >= 15 is 0 Å². The van der Waals surface area contributed by atoms with Crippen molar-refractivity contribution < 1.29 is 222 Å². The molecular weight excluding hydrogens is 1940 g/mol. The summed E-state index contributed by atoms with van der Waals surface area (Å²) in [7, 11) is -0.928. The molecule has 0 aliphatic carbocycles. The third-order valence-electron chi connectivity index (χ3n) is 26.7. The van der Waals surface area contributed by atoms with Crippen molar-refractivity contribution in [3.63, 3.8) is 0 Å². The average molecular weight is 2130 g/mol. The Balaban J connectivity index is -0.000000213. The van der Waals surface area contributed by atoms with E-state index in [1.54, 1.807) is 118 Å². The first-order valence-electron chi connectivity index (χ1n) is 51.5. The number of unbranched alkanes of at least 4 members (excludes halogenated alkanes) is 12. The van der Waals surface area contributed by atoms with Gasteiger partial charge < -0.3 is 58.6 Å². The zero-order chi connectivity index (χ0) is 114. The maximum atomic E-state index is 11.9. The first kappa shape index (κ1) is 158. The first-order chi connectivity index (χ1) is 65.9. The van der Waals surface area contributed by atoms with Crippen LogP contribution >= 0.6 is 0 Å². The van der Waals surface area contributed by atoms with Crippen LogP contribution in [0.5, 0.6) is 0 Å². The van der Waals surface area contributed by atoms with Crippen molar-refractivity contribution in [2.45, 2.75) is 429 Å². The minimum atomic E-state index is -4.32. The summed E-state index contributed by atoms with van der Waals surface area (Å²) in [6, 6.07) is 0. The Bertz CT molecular complexity index is 3890. The predicted molar refractivity (Wildman–Crippen MR) is 556 cm³/mol. The van der Waals surface area contributed by atoms with Gasteiger partial charge in [0.2, 0.25) is 5.91 Å². The van der Waals surface area contributed by atoms with E-state index in [0.717, 1.165) is 135 Å². The zero-order valence-electron chi connectivity index (χ0n) is 99.2. The molecule has 1 unspecified atom stereocenters. The number of imide groups is 4. The van der Waals surface area contributed by atoms with E-state index in [1.165, 1.54) is 38.5 Å². The van der Waals surface area contributed by atoms with Crippen LogP contribution in [0.3, 0.4) is 0 Å². The number of carbonyl (C=O) groups is 17. The molecule has 4 aliphatic rings. The Morgan fingerprint density at radius 2 is 0.503 bits per heavy atom. The molecule has 0 aromatic carbocycles. The number of amides is 9. The van der Waals surface area contributed by atoms with Gasteiger partial charge in [-0.2, -0.15) is 0 Å². The number of hydrogen-bond donors (Lipinski definition) is 2. The Labute approximate surface area is 950 Å². The van der Waals surface area contributed by atoms with E-state index in [4.69, 9.17) is 28.9 Å². The molecule has 4 rings (SSSR count). The minimum absolute atomic E-state index is 0. The second-order valence-corrected chi connectivity index (χ2v) is 44.0. The minimum Gasteiger partial charge on any atom is -0.748 e. The van der Waals surface area contributed by atoms with Crippen molar-refractivity contribution in [2.24, 2.45) is 49.2 Å². The van der Waals surface area contributed by atoms with Crippen molar-refractivity contribution in [1.82, 2.24) is 30.0 Å². The van der Waals surface area contributed by atoms with Crippen LogP contribution in [0.4, 0.5) is 0 Å². The summed E-state index contributed by atoms with van der Waals surface area (Å²) in [4.78, 5) is 206. The van der Waals surface area contributed by atoms with Gasteiger partial charge in [-0.1, -0.05) is 136 Å². The summed E-state index contributed by atoms with van der Waals surface area (Å²) >= 11 is 0. The number of ether oxygens (including phenoxy) is 4. The Morgan fingerprint density at radius 1 is 0.327 bits per heavy atom. The number of carbonyl (C=O) groups excluding carboxylic acids is 16. The Kier molecular flexibility index (Phi) is 82.9. The quantitative estimate of drug-likeness (QED) is 0.0109. The number of nitrogens with zero attached hydrogens (tertiary/aromatic N) is 5. The maximum Gasteiger partial charge on any atom is 1.00 e. The van der Waals surface area contributed by atoms with Crippen LogP contribution in [-0.4, -0.2) is 222 Å². The molecule has 0 radical (unpaired) electrons. The number of aliphatic carboxylic acids is 3. The number of hydrogen-bond acceptors (Lipinski definition) is 28. The number of hydroxylamine groups is 2. The molecule has 0 bridgehead atoms. The van der Waals surface area contributed by atoms with Crippen LogP contribution in [0.2, 0.25) is 0 Å². The van der Waals surface area contributed by atoms with Crippen LogP contribution in [0.15, 0.2) is 44.6 Å². The Morgan fingerprint density at radius 3 is 0.639 bits per heavy atom. The molecule has 2 N–H and O–H groups in total. The molecule has 9 amide bonds. The van der Waals surface area contributed by atoms with Crippen molar-refractivity contribution in [3.05, 3.63) is 44.6 Å². The van der Waals surface area contributed by atoms with E-state index in [2.05, 4.69) is 5.32 Å². The van der Waals surface area contributed by atoms with Crippen LogP contribution in [0.1, 0.15) is 424 Å². The Hall–Kier alpha value is -6.38. The zero-order valence-corrected chi connectivity index (χ0v) is 106. The normalized spacial score (nSPS) is 14.1. The van der Waals surface area contributed by atoms with E-state index < -0.39 is 77.2 Å². The summed E-state index contributed by atoms with van der Waals surface area (Å²) < 4.78 is 52.8. The van der Waals surface area contributed by atoms with Crippen molar-refractivity contribution in [3.8, 4) is 0 Å². The second-order valence-electron chi connectivity index (χ2n) is 42.6. The average Bonchev–Trinajstić information content (AvgIpc) is 1.68. The van der Waals surface area contributed by atoms with Crippen molar-refractivity contribution in [1.29, 1.82) is 0 Å². The smallest absolute Gasteiger partial charge is 0.748 e. The van der Waals surface area contributed by atoms with Crippen LogP contribution < -0.4 is 104 Å². The SMILES string of the molecule is CC.CCC(C)(C)C(=O)O.CCC(C)(C)C(=O)OCCCCCCN1C(=O)C(C)=C(C)C1=O.CCC(C)(C)C(=O)OCCCCCCN1C(=O)C(C)=C(C)C1=O.CCC(C)(C)C(=O)OCCCCCCN1C(=O)C(C)=C(C)C1=O.CCC(C)(C)C(=O)OCCCCCCN1C(=O)C(C)=C(C)C1=O.CCC(C)(C)C(=O)ON(C)C.CCC(C)(C)C(=O)[O-].CCC(C)(C)C(=O)[O-].CCC(C)C(=O)NC(C)(C)CS(=O)(=O)[O-].[Na+].[Na+].[Na+]. The monoisotopic (exact) mass is 2130 g/mol. The molecular formula is C109H191N6Na3O28S. The molecule has 0 aromatic rings. The standard InChI is InChI=1S/4C18H29NO4.C9H19NO4S.C8H17NO2.3C6H12O2.C2H6.3Na/c4*1-6-18(4,5)17(22)23-12-10-8-7-9-11-19-15(20)13(2)14(3)16(19)21;1-5-7(2)8(11)10-9(3,4)6-15(12,13)14;1-6-8(2,3)7(10)11-9(4)5;3*1-4-6(2,3)5(7)8;1-2;;;/h4*6-12H2,1-5H3;7H,5-6H2,1-4H3,(H,10,11)(H,12,13,14);6H2,1-5H3;3*4H2,1-3H3,(H,7,8);1-2H3;;;/q;;;;;;;;;;3*+1/p-3. The molecule has 34 nitrogen and oxygen atoms in total. The predicted octanol–water partition coefficient (Wildman–Crippen LogP) is 8.73. The molecule has 0 saturated carbocycles. The van der Waals surface area contributed by atoms with Crippen molar-refractivity contribution in [2.75, 3.05) is 72.5 Å². The summed E-state index contributed by atoms with van der Waals surface area (Å²) in [5, 5.41) is 32.7. The van der Waals surface area contributed by atoms with Gasteiger partial charge in [-0.25, -0.2) is 13.2 Å². The molecule has 1 atom stereocenters. The van der Waals surface area contributed by atoms with Gasteiger partial charge in [0.25, 0.3) is 47.3 Å². The number of carboxylic acids is 3. The van der Waals surface area contributed by atoms with Crippen LogP contribution in [0.25, 0.3) is 0 Å². The second kappa shape index (κ2) is 77.0. The molecule has 0 aromatic heterocycles. The third-order valence-corrected chi connectivity index (χ3v) is 27.7. The van der Waals surface area contributed by atoms with Gasteiger partial charge in [-0.05, 0) is 287 Å². The molecule has 834 valence electrons. The van der Waals surface area contributed by atoms with Crippen LogP contribution in [0, 0.1) is 49.2 Å². The van der Waals surface area contributed by atoms with Gasteiger partial charge in [0.15, 0.2) is 0 Å². The first-order valence-corrected chi connectivity index (χ1v) is 53.1. The molecule has 0 spiro atoms. The number of nitrogens with one attached hydrogen (secondary N) is 1. The third kappa shape index (κ3) is 61.9. The molecule has 0 saturated heterocycles. The topological polar surface area (TPSA) is 488 Å². The van der Waals surface area contributed by atoms with Gasteiger partial charge in [0, 0.05) is 119 Å². The van der Waals surface area contributed by atoms with Gasteiger partial charge in [-0.3, -0.25) is 86.7 Å². The van der Waals surface area contributed by atoms with Gasteiger partial charge in [0.05, 0.1) is 74.8 Å². The van der Waals surface area contributed by atoms with E-state index in [9.17, 15) is 105 Å².